The van der Waals surface area contributed by atoms with E-state index in [2.05, 4.69) is 0 Å². The van der Waals surface area contributed by atoms with Crippen molar-refractivity contribution in [3.8, 4) is 0 Å². The van der Waals surface area contributed by atoms with Gasteiger partial charge in [-0.1, -0.05) is 37.5 Å². The first-order chi connectivity index (χ1) is 12.5. The van der Waals surface area contributed by atoms with Gasteiger partial charge in [-0.05, 0) is 31.0 Å². The topological polar surface area (TPSA) is 81.4 Å². The lowest BCUT2D eigenvalue weighted by Gasteiger charge is -2.34. The van der Waals surface area contributed by atoms with Crippen LogP contribution in [0.2, 0.25) is 0 Å². The molecule has 1 amide bonds. The van der Waals surface area contributed by atoms with E-state index in [0.29, 0.717) is 5.69 Å². The number of carbonyl (C=O) groups is 1. The highest BCUT2D eigenvalue weighted by Crippen LogP contribution is 2.28. The molecule has 3 rings (SSSR count). The number of carbonyl (C=O) groups excluding carboxylic acids is 1. The molecule has 1 fully saturated rings. The van der Waals surface area contributed by atoms with Crippen LogP contribution in [-0.4, -0.2) is 26.1 Å². The van der Waals surface area contributed by atoms with E-state index in [0.717, 1.165) is 38.3 Å². The smallest absolute Gasteiger partial charge is 0.309 e. The average molecular weight is 374 g/mol. The molecular formula is C19H22N2O4S. The third-order valence-electron chi connectivity index (χ3n) is 4.66. The second kappa shape index (κ2) is 7.86. The molecule has 0 aliphatic heterocycles. The highest BCUT2D eigenvalue weighted by atomic mass is 32.2. The van der Waals surface area contributed by atoms with Crippen LogP contribution in [0.4, 0.5) is 5.69 Å². The maximum absolute atomic E-state index is 13.0. The zero-order chi connectivity index (χ0) is 18.6. The van der Waals surface area contributed by atoms with Crippen LogP contribution in [0.3, 0.4) is 0 Å². The van der Waals surface area contributed by atoms with Crippen molar-refractivity contribution >= 4 is 21.4 Å². The summed E-state index contributed by atoms with van der Waals surface area (Å²) in [5.41, 5.74) is 0.697. The molecule has 1 aliphatic carbocycles. The minimum atomic E-state index is -4.02. The van der Waals surface area contributed by atoms with Crippen molar-refractivity contribution in [3.63, 3.8) is 0 Å². The fourth-order valence-electron chi connectivity index (χ4n) is 3.45. The number of amides is 1. The molecule has 138 valence electrons. The second-order valence-corrected chi connectivity index (χ2v) is 8.45. The lowest BCUT2D eigenvalue weighted by Crippen LogP contribution is -2.45. The molecule has 1 aromatic heterocycles. The lowest BCUT2D eigenvalue weighted by molar-refractivity contribution is -0.646. The van der Waals surface area contributed by atoms with Gasteiger partial charge in [0.05, 0.1) is 0 Å². The second-order valence-electron chi connectivity index (χ2n) is 6.51. The maximum atomic E-state index is 13.0. The Kier molecular flexibility index (Phi) is 5.56. The SMILES string of the molecule is O=C(CS(=O)(=O)c1cccc[n+]1[O-])N(c1ccccc1)C1CCCCC1. The summed E-state index contributed by atoms with van der Waals surface area (Å²) in [5.74, 6) is -1.21. The number of para-hydroxylation sites is 1. The fraction of sp³-hybridized carbons (Fsp3) is 0.368. The number of sulfone groups is 1. The molecule has 0 spiro atoms. The number of nitrogens with zero attached hydrogens (tertiary/aromatic N) is 2. The standard InChI is InChI=1S/C19H22N2O4S/c22-18(15-26(24,25)19-13-7-8-14-20(19)23)21(16-9-3-1-4-10-16)17-11-5-2-6-12-17/h1,3-4,7-10,13-14,17H,2,5-6,11-12,15H2. The van der Waals surface area contributed by atoms with Crippen molar-refractivity contribution in [1.29, 1.82) is 0 Å². The molecule has 0 N–H and O–H groups in total. The minimum Gasteiger partial charge on any atom is -0.618 e. The summed E-state index contributed by atoms with van der Waals surface area (Å²) < 4.78 is 25.5. The quantitative estimate of drug-likeness (QED) is 0.595. The number of aromatic nitrogens is 1. The largest absolute Gasteiger partial charge is 0.618 e. The van der Waals surface area contributed by atoms with Gasteiger partial charge in [0.25, 0.3) is 0 Å². The van der Waals surface area contributed by atoms with Gasteiger partial charge in [0, 0.05) is 23.9 Å². The summed E-state index contributed by atoms with van der Waals surface area (Å²) in [6, 6.07) is 13.3. The van der Waals surface area contributed by atoms with Gasteiger partial charge in [-0.2, -0.15) is 4.73 Å². The summed E-state index contributed by atoms with van der Waals surface area (Å²) in [5, 5.41) is 11.4. The monoisotopic (exact) mass is 374 g/mol. The van der Waals surface area contributed by atoms with Crippen LogP contribution in [0.5, 0.6) is 0 Å². The van der Waals surface area contributed by atoms with Crippen molar-refractivity contribution < 1.29 is 17.9 Å². The third kappa shape index (κ3) is 4.04. The number of hydrogen-bond donors (Lipinski definition) is 0. The van der Waals surface area contributed by atoms with Crippen molar-refractivity contribution in [2.75, 3.05) is 10.7 Å². The van der Waals surface area contributed by atoms with Gasteiger partial charge >= 0.3 is 5.03 Å². The fourth-order valence-corrected chi connectivity index (χ4v) is 4.68. The highest BCUT2D eigenvalue weighted by molar-refractivity contribution is 7.92. The molecule has 1 aliphatic rings. The van der Waals surface area contributed by atoms with Gasteiger partial charge in [-0.3, -0.25) is 4.79 Å². The summed E-state index contributed by atoms with van der Waals surface area (Å²) in [7, 11) is -4.02. The Balaban J connectivity index is 1.89. The van der Waals surface area contributed by atoms with E-state index in [1.54, 1.807) is 4.90 Å². The molecule has 1 heterocycles. The summed E-state index contributed by atoms with van der Waals surface area (Å²) in [4.78, 5) is 14.6. The lowest BCUT2D eigenvalue weighted by atomic mass is 9.93. The Hall–Kier alpha value is -2.41. The molecule has 2 aromatic rings. The summed E-state index contributed by atoms with van der Waals surface area (Å²) in [6.45, 7) is 0. The number of benzene rings is 1. The Morgan fingerprint density at radius 2 is 1.69 bits per heavy atom. The zero-order valence-electron chi connectivity index (χ0n) is 14.5. The minimum absolute atomic E-state index is 0.0102. The molecule has 1 saturated carbocycles. The first kappa shape index (κ1) is 18.4. The number of rotatable bonds is 5. The molecule has 0 saturated heterocycles. The third-order valence-corrected chi connectivity index (χ3v) is 6.24. The van der Waals surface area contributed by atoms with E-state index in [-0.39, 0.29) is 10.8 Å². The van der Waals surface area contributed by atoms with Gasteiger partial charge in [0.15, 0.2) is 6.20 Å². The van der Waals surface area contributed by atoms with Crippen LogP contribution in [0, 0.1) is 5.21 Å². The van der Waals surface area contributed by atoms with Crippen molar-refractivity contribution in [3.05, 3.63) is 59.9 Å². The van der Waals surface area contributed by atoms with Gasteiger partial charge in [0.1, 0.15) is 5.75 Å². The highest BCUT2D eigenvalue weighted by Gasteiger charge is 2.33. The van der Waals surface area contributed by atoms with Gasteiger partial charge in [0.2, 0.25) is 15.7 Å². The van der Waals surface area contributed by atoms with Crippen molar-refractivity contribution in [1.82, 2.24) is 0 Å². The first-order valence-corrected chi connectivity index (χ1v) is 10.4. The van der Waals surface area contributed by atoms with Crippen LogP contribution in [0.15, 0.2) is 59.8 Å². The van der Waals surface area contributed by atoms with Crippen LogP contribution in [-0.2, 0) is 14.6 Å². The van der Waals surface area contributed by atoms with E-state index in [1.807, 2.05) is 30.3 Å². The van der Waals surface area contributed by atoms with E-state index in [1.165, 1.54) is 18.2 Å². The van der Waals surface area contributed by atoms with Gasteiger partial charge in [-0.25, -0.2) is 8.42 Å². The zero-order valence-corrected chi connectivity index (χ0v) is 15.3. The van der Waals surface area contributed by atoms with Crippen LogP contribution >= 0.6 is 0 Å². The molecule has 26 heavy (non-hydrogen) atoms. The van der Waals surface area contributed by atoms with Crippen molar-refractivity contribution in [2.45, 2.75) is 43.2 Å². The van der Waals surface area contributed by atoms with Crippen LogP contribution in [0.1, 0.15) is 32.1 Å². The molecule has 1 aromatic carbocycles. The number of pyridine rings is 1. The molecule has 6 nitrogen and oxygen atoms in total. The number of anilines is 1. The van der Waals surface area contributed by atoms with E-state index in [4.69, 9.17) is 0 Å². The Morgan fingerprint density at radius 1 is 1.04 bits per heavy atom. The first-order valence-electron chi connectivity index (χ1n) is 8.77. The van der Waals surface area contributed by atoms with Crippen LogP contribution < -0.4 is 9.63 Å². The predicted octanol–water partition coefficient (Wildman–Crippen LogP) is 2.46. The van der Waals surface area contributed by atoms with Crippen LogP contribution in [0.25, 0.3) is 0 Å². The molecule has 0 bridgehead atoms. The molecular weight excluding hydrogens is 352 g/mol. The van der Waals surface area contributed by atoms with E-state index in [9.17, 15) is 18.4 Å². The molecule has 7 heteroatoms. The Morgan fingerprint density at radius 3 is 2.35 bits per heavy atom. The molecule has 0 radical (unpaired) electrons. The Labute approximate surface area is 153 Å². The normalized spacial score (nSPS) is 15.5. The summed E-state index contributed by atoms with van der Waals surface area (Å²) in [6.07, 6.45) is 6.00. The van der Waals surface area contributed by atoms with Crippen molar-refractivity contribution in [2.24, 2.45) is 0 Å². The molecule has 0 atom stereocenters. The summed E-state index contributed by atoms with van der Waals surface area (Å²) >= 11 is 0. The van der Waals surface area contributed by atoms with Gasteiger partial charge < -0.3 is 10.1 Å². The van der Waals surface area contributed by atoms with Gasteiger partial charge in [-0.15, -0.1) is 0 Å². The predicted molar refractivity (Wildman–Crippen MR) is 98.3 cm³/mol. The number of hydrogen-bond acceptors (Lipinski definition) is 4. The maximum Gasteiger partial charge on any atom is 0.309 e. The molecule has 0 unspecified atom stereocenters. The van der Waals surface area contributed by atoms with E-state index >= 15 is 0 Å². The average Bonchev–Trinajstić information content (AvgIpc) is 2.63. The Bertz CT molecular complexity index is 862. The van der Waals surface area contributed by atoms with E-state index < -0.39 is 26.5 Å².